The van der Waals surface area contributed by atoms with Gasteiger partial charge in [0, 0.05) is 0 Å². The van der Waals surface area contributed by atoms with Crippen LogP contribution in [0.5, 0.6) is 11.5 Å². The summed E-state index contributed by atoms with van der Waals surface area (Å²) in [7, 11) is 0. The largest absolute Gasteiger partial charge is 0.491 e. The van der Waals surface area contributed by atoms with Crippen LogP contribution in [0, 0.1) is 27.7 Å². The lowest BCUT2D eigenvalue weighted by Gasteiger charge is -2.16. The molecule has 1 atom stereocenters. The number of benzene rings is 2. The zero-order valence-electron chi connectivity index (χ0n) is 15.7. The van der Waals surface area contributed by atoms with Crippen LogP contribution in [0.2, 0.25) is 0 Å². The van der Waals surface area contributed by atoms with E-state index in [-0.39, 0.29) is 18.6 Å². The molecule has 0 aliphatic heterocycles. The number of rotatable bonds is 7. The van der Waals surface area contributed by atoms with Crippen LogP contribution in [0.3, 0.4) is 0 Å². The summed E-state index contributed by atoms with van der Waals surface area (Å²) < 4.78 is 11.4. The van der Waals surface area contributed by atoms with Crippen molar-refractivity contribution in [3.05, 3.63) is 58.7 Å². The maximum Gasteiger partial charge on any atom is 0.258 e. The van der Waals surface area contributed by atoms with E-state index in [9.17, 15) is 4.79 Å². The number of nitrogens with one attached hydrogen (secondary N) is 1. The van der Waals surface area contributed by atoms with E-state index in [0.29, 0.717) is 6.61 Å². The monoisotopic (exact) mass is 341 g/mol. The first kappa shape index (κ1) is 18.8. The molecule has 25 heavy (non-hydrogen) atoms. The van der Waals surface area contributed by atoms with Crippen molar-refractivity contribution in [2.75, 3.05) is 13.2 Å². The van der Waals surface area contributed by atoms with E-state index in [2.05, 4.69) is 11.4 Å². The predicted octanol–water partition coefficient (Wildman–Crippen LogP) is 3.88. The number of hydrogen-bond donors (Lipinski definition) is 1. The topological polar surface area (TPSA) is 47.6 Å². The summed E-state index contributed by atoms with van der Waals surface area (Å²) in [5.74, 6) is 1.41. The number of carbonyl (C=O) groups excluding carboxylic acids is 1. The molecule has 0 bridgehead atoms. The van der Waals surface area contributed by atoms with E-state index in [4.69, 9.17) is 9.47 Å². The molecule has 0 unspecified atom stereocenters. The van der Waals surface area contributed by atoms with Crippen LogP contribution in [0.15, 0.2) is 36.4 Å². The molecule has 1 N–H and O–H groups in total. The second-order valence-electron chi connectivity index (χ2n) is 6.59. The molecule has 0 aliphatic carbocycles. The zero-order chi connectivity index (χ0) is 18.4. The van der Waals surface area contributed by atoms with Crippen LogP contribution in [-0.4, -0.2) is 25.2 Å². The van der Waals surface area contributed by atoms with Gasteiger partial charge < -0.3 is 14.8 Å². The Morgan fingerprint density at radius 2 is 1.68 bits per heavy atom. The fraction of sp³-hybridized carbons (Fsp3) is 0.381. The van der Waals surface area contributed by atoms with Crippen LogP contribution in [0.25, 0.3) is 0 Å². The normalized spacial score (nSPS) is 11.7. The van der Waals surface area contributed by atoms with E-state index >= 15 is 0 Å². The molecule has 0 heterocycles. The van der Waals surface area contributed by atoms with Crippen LogP contribution in [0.1, 0.15) is 29.2 Å². The highest BCUT2D eigenvalue weighted by Crippen LogP contribution is 2.23. The Morgan fingerprint density at radius 3 is 2.36 bits per heavy atom. The zero-order valence-corrected chi connectivity index (χ0v) is 15.7. The lowest BCUT2D eigenvalue weighted by atomic mass is 10.1. The summed E-state index contributed by atoms with van der Waals surface area (Å²) in [4.78, 5) is 12.1. The number of ether oxygens (including phenoxy) is 2. The molecule has 1 amide bonds. The quantitative estimate of drug-likeness (QED) is 0.831. The predicted molar refractivity (Wildman–Crippen MR) is 100 cm³/mol. The van der Waals surface area contributed by atoms with Gasteiger partial charge in [-0.15, -0.1) is 0 Å². The average molecular weight is 341 g/mol. The molecule has 2 aromatic rings. The Labute approximate surface area is 150 Å². The van der Waals surface area contributed by atoms with Gasteiger partial charge in [-0.05, 0) is 69.5 Å². The number of amides is 1. The maximum absolute atomic E-state index is 12.1. The van der Waals surface area contributed by atoms with Crippen molar-refractivity contribution < 1.29 is 14.3 Å². The highest BCUT2D eigenvalue weighted by atomic mass is 16.5. The molecule has 2 aromatic carbocycles. The van der Waals surface area contributed by atoms with E-state index in [0.717, 1.165) is 28.2 Å². The highest BCUT2D eigenvalue weighted by molar-refractivity contribution is 5.77. The summed E-state index contributed by atoms with van der Waals surface area (Å²) in [5, 5.41) is 2.89. The minimum absolute atomic E-state index is 0.00138. The fourth-order valence-corrected chi connectivity index (χ4v) is 2.51. The molecular weight excluding hydrogens is 314 g/mol. The van der Waals surface area contributed by atoms with Crippen LogP contribution < -0.4 is 14.8 Å². The molecule has 2 rings (SSSR count). The van der Waals surface area contributed by atoms with E-state index in [1.54, 1.807) is 0 Å². The van der Waals surface area contributed by atoms with Gasteiger partial charge in [0.15, 0.2) is 6.61 Å². The van der Waals surface area contributed by atoms with Crippen molar-refractivity contribution in [3.63, 3.8) is 0 Å². The van der Waals surface area contributed by atoms with Gasteiger partial charge in [0.05, 0.1) is 6.04 Å². The van der Waals surface area contributed by atoms with Gasteiger partial charge in [0.2, 0.25) is 0 Å². The van der Waals surface area contributed by atoms with Crippen molar-refractivity contribution >= 4 is 5.91 Å². The van der Waals surface area contributed by atoms with Crippen molar-refractivity contribution in [2.24, 2.45) is 0 Å². The van der Waals surface area contributed by atoms with Gasteiger partial charge in [0.25, 0.3) is 5.91 Å². The third-order valence-corrected chi connectivity index (χ3v) is 4.05. The molecule has 4 heteroatoms. The van der Waals surface area contributed by atoms with E-state index in [1.165, 1.54) is 5.56 Å². The number of carbonyl (C=O) groups is 1. The van der Waals surface area contributed by atoms with Crippen LogP contribution >= 0.6 is 0 Å². The first-order valence-electron chi connectivity index (χ1n) is 8.54. The van der Waals surface area contributed by atoms with E-state index < -0.39 is 0 Å². The second-order valence-corrected chi connectivity index (χ2v) is 6.59. The molecule has 0 fully saturated rings. The fourth-order valence-electron chi connectivity index (χ4n) is 2.51. The number of hydrogen-bond acceptors (Lipinski definition) is 3. The van der Waals surface area contributed by atoms with Crippen LogP contribution in [0.4, 0.5) is 0 Å². The van der Waals surface area contributed by atoms with E-state index in [1.807, 2.05) is 65.0 Å². The summed E-state index contributed by atoms with van der Waals surface area (Å²) in [6.45, 7) is 10.4. The molecular formula is C21H27NO3. The molecule has 0 saturated heterocycles. The molecule has 0 radical (unpaired) electrons. The minimum atomic E-state index is -0.154. The Hall–Kier alpha value is -2.49. The minimum Gasteiger partial charge on any atom is -0.491 e. The molecule has 4 nitrogen and oxygen atoms in total. The summed E-state index contributed by atoms with van der Waals surface area (Å²) in [5.41, 5.74) is 4.54. The smallest absolute Gasteiger partial charge is 0.258 e. The van der Waals surface area contributed by atoms with Gasteiger partial charge in [-0.25, -0.2) is 0 Å². The third kappa shape index (κ3) is 5.82. The summed E-state index contributed by atoms with van der Waals surface area (Å²) in [6, 6.07) is 11.8. The van der Waals surface area contributed by atoms with Crippen molar-refractivity contribution in [1.82, 2.24) is 5.32 Å². The van der Waals surface area contributed by atoms with Crippen molar-refractivity contribution in [3.8, 4) is 11.5 Å². The van der Waals surface area contributed by atoms with Crippen molar-refractivity contribution in [1.29, 1.82) is 0 Å². The Balaban J connectivity index is 1.78. The summed E-state index contributed by atoms with van der Waals surface area (Å²) in [6.07, 6.45) is 0. The standard InChI is InChI=1S/C21H27NO3/c1-14-6-8-19(9-7-14)24-12-17(4)22-21(23)13-25-20-11-15(2)10-16(3)18(20)5/h6-11,17H,12-13H2,1-5H3,(H,22,23)/t17-/m1/s1. The van der Waals surface area contributed by atoms with Crippen molar-refractivity contribution in [2.45, 2.75) is 40.7 Å². The Bertz CT molecular complexity index is 723. The Kier molecular flexibility index (Phi) is 6.45. The molecule has 134 valence electrons. The van der Waals surface area contributed by atoms with Gasteiger partial charge in [-0.1, -0.05) is 23.8 Å². The molecule has 0 spiro atoms. The maximum atomic E-state index is 12.1. The highest BCUT2D eigenvalue weighted by Gasteiger charge is 2.11. The number of aryl methyl sites for hydroxylation is 3. The lowest BCUT2D eigenvalue weighted by Crippen LogP contribution is -2.39. The van der Waals surface area contributed by atoms with Gasteiger partial charge in [-0.3, -0.25) is 4.79 Å². The third-order valence-electron chi connectivity index (χ3n) is 4.05. The average Bonchev–Trinajstić information content (AvgIpc) is 2.56. The molecule has 0 aromatic heterocycles. The lowest BCUT2D eigenvalue weighted by molar-refractivity contribution is -0.123. The van der Waals surface area contributed by atoms with Gasteiger partial charge in [-0.2, -0.15) is 0 Å². The summed E-state index contributed by atoms with van der Waals surface area (Å²) >= 11 is 0. The SMILES string of the molecule is Cc1ccc(OC[C@@H](C)NC(=O)COc2cc(C)cc(C)c2C)cc1. The van der Waals surface area contributed by atoms with Gasteiger partial charge in [0.1, 0.15) is 18.1 Å². The first-order valence-corrected chi connectivity index (χ1v) is 8.54. The Morgan fingerprint density at radius 1 is 1.00 bits per heavy atom. The molecule has 0 saturated carbocycles. The van der Waals surface area contributed by atoms with Crippen LogP contribution in [-0.2, 0) is 4.79 Å². The second kappa shape index (κ2) is 8.56. The molecule has 0 aliphatic rings. The first-order chi connectivity index (χ1) is 11.8. The van der Waals surface area contributed by atoms with Gasteiger partial charge >= 0.3 is 0 Å².